The Morgan fingerprint density at radius 2 is 0.898 bits per heavy atom. The molecule has 13 rings (SSSR count). The van der Waals surface area contributed by atoms with Gasteiger partial charge in [-0.15, -0.1) is 0 Å². The number of benzene rings is 9. The fourth-order valence-corrected chi connectivity index (χ4v) is 10.1. The summed E-state index contributed by atoms with van der Waals surface area (Å²) in [5, 5.41) is 7.07. The van der Waals surface area contributed by atoms with Gasteiger partial charge in [0.15, 0.2) is 11.2 Å². The van der Waals surface area contributed by atoms with Crippen molar-refractivity contribution in [2.75, 3.05) is 9.80 Å². The molecular weight excluding hydrogens is 721 g/mol. The largest absolute Gasteiger partial charge is 0.454 e. The first kappa shape index (κ1) is 32.5. The van der Waals surface area contributed by atoms with Gasteiger partial charge in [0.05, 0.1) is 17.1 Å². The molecule has 9 aromatic carbocycles. The molecule has 1 saturated carbocycles. The Morgan fingerprint density at radius 3 is 1.54 bits per heavy atom. The van der Waals surface area contributed by atoms with Crippen LogP contribution < -0.4 is 9.80 Å². The second kappa shape index (κ2) is 12.2. The number of anilines is 6. The van der Waals surface area contributed by atoms with Crippen molar-refractivity contribution < 1.29 is 8.83 Å². The van der Waals surface area contributed by atoms with Gasteiger partial charge in [-0.05, 0) is 107 Å². The van der Waals surface area contributed by atoms with Crippen molar-refractivity contribution in [1.29, 1.82) is 0 Å². The lowest BCUT2D eigenvalue weighted by molar-refractivity contribution is 0.668. The summed E-state index contributed by atoms with van der Waals surface area (Å²) in [7, 11) is 0. The zero-order valence-corrected chi connectivity index (χ0v) is 32.1. The van der Waals surface area contributed by atoms with Gasteiger partial charge < -0.3 is 18.6 Å². The summed E-state index contributed by atoms with van der Waals surface area (Å²) in [4.78, 5) is 4.76. The average Bonchev–Trinajstić information content (AvgIpc) is 3.86. The molecule has 4 nitrogen and oxygen atoms in total. The summed E-state index contributed by atoms with van der Waals surface area (Å²) >= 11 is 0. The van der Waals surface area contributed by atoms with Crippen molar-refractivity contribution >= 4 is 88.8 Å². The van der Waals surface area contributed by atoms with Gasteiger partial charge in [0, 0.05) is 49.4 Å². The number of furan rings is 2. The highest BCUT2D eigenvalue weighted by atomic mass is 16.3. The molecule has 2 heterocycles. The SMILES string of the molecule is c1ccc(N(c2ccc3c(c2)C2(CC2)c2ccc(N(c4ccccc4)c4cccc5c4oc4ccccc45)c4cccc-3c24)c2cccc3c2oc2ccccc23)cc1. The summed E-state index contributed by atoms with van der Waals surface area (Å²) in [6.45, 7) is 0. The Balaban J connectivity index is 1.02. The van der Waals surface area contributed by atoms with Gasteiger partial charge in [0.2, 0.25) is 0 Å². The van der Waals surface area contributed by atoms with Crippen molar-refractivity contribution in [2.45, 2.75) is 18.3 Å². The van der Waals surface area contributed by atoms with E-state index in [1.54, 1.807) is 0 Å². The van der Waals surface area contributed by atoms with Crippen LogP contribution in [0.2, 0.25) is 0 Å². The molecule has 0 radical (unpaired) electrons. The summed E-state index contributed by atoms with van der Waals surface area (Å²) in [6.07, 6.45) is 2.22. The highest BCUT2D eigenvalue weighted by Crippen LogP contribution is 2.63. The van der Waals surface area contributed by atoms with E-state index in [0.717, 1.165) is 90.8 Å². The number of nitrogens with zero attached hydrogens (tertiary/aromatic N) is 2. The molecule has 1 spiro atoms. The lowest BCUT2D eigenvalue weighted by Gasteiger charge is -2.34. The Bertz CT molecular complexity index is 3470. The van der Waals surface area contributed by atoms with Gasteiger partial charge in [-0.1, -0.05) is 127 Å². The topological polar surface area (TPSA) is 32.8 Å². The smallest absolute Gasteiger partial charge is 0.159 e. The van der Waals surface area contributed by atoms with Crippen LogP contribution in [0.4, 0.5) is 34.1 Å². The van der Waals surface area contributed by atoms with E-state index in [2.05, 4.69) is 192 Å². The first-order valence-corrected chi connectivity index (χ1v) is 20.5. The van der Waals surface area contributed by atoms with E-state index in [9.17, 15) is 0 Å². The highest BCUT2D eigenvalue weighted by Gasteiger charge is 2.51. The van der Waals surface area contributed by atoms with Gasteiger partial charge in [-0.3, -0.25) is 0 Å². The lowest BCUT2D eigenvalue weighted by atomic mass is 9.74. The van der Waals surface area contributed by atoms with Crippen LogP contribution in [0.3, 0.4) is 0 Å². The molecule has 0 saturated heterocycles. The Morgan fingerprint density at radius 1 is 0.356 bits per heavy atom. The van der Waals surface area contributed by atoms with E-state index in [4.69, 9.17) is 8.83 Å². The van der Waals surface area contributed by atoms with E-state index in [1.165, 1.54) is 33.0 Å². The second-order valence-corrected chi connectivity index (χ2v) is 16.0. The molecule has 1 fully saturated rings. The molecule has 0 N–H and O–H groups in total. The van der Waals surface area contributed by atoms with Crippen molar-refractivity contribution in [3.05, 3.63) is 205 Å². The molecule has 0 atom stereocenters. The van der Waals surface area contributed by atoms with Crippen LogP contribution in [0.25, 0.3) is 65.8 Å². The second-order valence-electron chi connectivity index (χ2n) is 16.0. The van der Waals surface area contributed by atoms with Crippen molar-refractivity contribution in [3.8, 4) is 11.1 Å². The van der Waals surface area contributed by atoms with Crippen molar-refractivity contribution in [3.63, 3.8) is 0 Å². The van der Waals surface area contributed by atoms with E-state index in [-0.39, 0.29) is 5.41 Å². The first-order chi connectivity index (χ1) is 29.2. The molecule has 278 valence electrons. The third-order valence-electron chi connectivity index (χ3n) is 12.9. The Kier molecular flexibility index (Phi) is 6.74. The molecule has 2 aliphatic rings. The summed E-state index contributed by atoms with van der Waals surface area (Å²) in [6, 6.07) is 69.9. The fourth-order valence-electron chi connectivity index (χ4n) is 10.1. The van der Waals surface area contributed by atoms with Gasteiger partial charge in [-0.25, -0.2) is 0 Å². The van der Waals surface area contributed by atoms with Crippen LogP contribution >= 0.6 is 0 Å². The zero-order valence-electron chi connectivity index (χ0n) is 32.1. The van der Waals surface area contributed by atoms with Gasteiger partial charge >= 0.3 is 0 Å². The van der Waals surface area contributed by atoms with E-state index in [1.807, 2.05) is 12.1 Å². The Hall–Kier alpha value is -7.56. The van der Waals surface area contributed by atoms with Gasteiger partial charge in [0.1, 0.15) is 11.2 Å². The van der Waals surface area contributed by atoms with E-state index >= 15 is 0 Å². The molecule has 2 aromatic heterocycles. The van der Waals surface area contributed by atoms with Crippen LogP contribution in [-0.4, -0.2) is 0 Å². The maximum absolute atomic E-state index is 6.67. The van der Waals surface area contributed by atoms with Crippen LogP contribution in [0.15, 0.2) is 203 Å². The molecule has 0 aliphatic heterocycles. The molecule has 4 heteroatoms. The zero-order chi connectivity index (χ0) is 38.7. The normalized spacial score (nSPS) is 13.8. The number of rotatable bonds is 6. The van der Waals surface area contributed by atoms with E-state index < -0.39 is 0 Å². The summed E-state index contributed by atoms with van der Waals surface area (Å²) in [5.74, 6) is 0. The van der Waals surface area contributed by atoms with E-state index in [0.29, 0.717) is 0 Å². The maximum Gasteiger partial charge on any atom is 0.159 e. The first-order valence-electron chi connectivity index (χ1n) is 20.5. The predicted octanol–water partition coefficient (Wildman–Crippen LogP) is 15.6. The van der Waals surface area contributed by atoms with Crippen LogP contribution in [0, 0.1) is 0 Å². The third-order valence-corrected chi connectivity index (χ3v) is 12.9. The number of fused-ring (bicyclic) bond motifs is 10. The minimum atomic E-state index is -0.0689. The number of hydrogen-bond donors (Lipinski definition) is 0. The molecule has 2 aliphatic carbocycles. The molecular formula is C55H36N2O2. The van der Waals surface area contributed by atoms with Crippen LogP contribution in [0.1, 0.15) is 24.0 Å². The Labute approximate surface area is 340 Å². The number of para-hydroxylation sites is 6. The lowest BCUT2D eigenvalue weighted by Crippen LogP contribution is -2.18. The molecule has 0 bridgehead atoms. The molecule has 0 amide bonds. The summed E-state index contributed by atoms with van der Waals surface area (Å²) in [5.41, 5.74) is 15.4. The van der Waals surface area contributed by atoms with Crippen LogP contribution in [-0.2, 0) is 5.41 Å². The standard InChI is InChI=1S/C55H36N2O2/c1-3-14-35(15-4-1)56(48-24-12-21-42-39-18-7-9-26-50(39)58-53(42)48)37-28-29-38-41-20-11-23-44-47(31-30-45(52(41)44)55(32-33-55)46(38)34-37)57(36-16-5-2-6-17-36)49-25-13-22-43-40-19-8-10-27-51(40)59-54(43)49/h1-31,34H,32-33H2. The molecule has 59 heavy (non-hydrogen) atoms. The van der Waals surface area contributed by atoms with Crippen molar-refractivity contribution in [1.82, 2.24) is 0 Å². The van der Waals surface area contributed by atoms with Crippen LogP contribution in [0.5, 0.6) is 0 Å². The molecule has 11 aromatic rings. The van der Waals surface area contributed by atoms with Gasteiger partial charge in [0.25, 0.3) is 0 Å². The number of hydrogen-bond acceptors (Lipinski definition) is 4. The molecule has 0 unspecified atom stereocenters. The minimum absolute atomic E-state index is 0.0689. The fraction of sp³-hybridized carbons (Fsp3) is 0.0545. The monoisotopic (exact) mass is 756 g/mol. The van der Waals surface area contributed by atoms with Gasteiger partial charge in [-0.2, -0.15) is 0 Å². The minimum Gasteiger partial charge on any atom is -0.454 e. The highest BCUT2D eigenvalue weighted by molar-refractivity contribution is 6.15. The average molecular weight is 757 g/mol. The third kappa shape index (κ3) is 4.66. The quantitative estimate of drug-likeness (QED) is 0.169. The van der Waals surface area contributed by atoms with Crippen molar-refractivity contribution in [2.24, 2.45) is 0 Å². The predicted molar refractivity (Wildman–Crippen MR) is 243 cm³/mol. The maximum atomic E-state index is 6.67. The summed E-state index contributed by atoms with van der Waals surface area (Å²) < 4.78 is 13.3.